The number of carbonyl (C=O) groups excluding carboxylic acids is 1. The standard InChI is InChI=1S/C21H22N4O/c1-24(13-10-17-8-11-22-12-9-17)20-14-18(15-23-16-20)21(26)25(2)19-6-4-3-5-7-19/h3-9,11-12,14-16H,10,13H2,1-2H3. The second-order valence-electron chi connectivity index (χ2n) is 6.16. The van der Waals surface area contributed by atoms with Gasteiger partial charge in [-0.15, -0.1) is 0 Å². The molecular formula is C21H22N4O. The molecule has 26 heavy (non-hydrogen) atoms. The molecule has 0 aliphatic rings. The Morgan fingerprint density at radius 1 is 0.923 bits per heavy atom. The molecule has 0 spiro atoms. The van der Waals surface area contributed by atoms with Crippen molar-refractivity contribution in [1.82, 2.24) is 9.97 Å². The Morgan fingerprint density at radius 2 is 1.65 bits per heavy atom. The summed E-state index contributed by atoms with van der Waals surface area (Å²) in [5, 5.41) is 0. The van der Waals surface area contributed by atoms with Gasteiger partial charge in [-0.05, 0) is 42.3 Å². The third-order valence-corrected chi connectivity index (χ3v) is 4.34. The van der Waals surface area contributed by atoms with Gasteiger partial charge in [0, 0.05) is 44.9 Å². The van der Waals surface area contributed by atoms with E-state index in [0.717, 1.165) is 24.3 Å². The van der Waals surface area contributed by atoms with Gasteiger partial charge in [-0.1, -0.05) is 18.2 Å². The van der Waals surface area contributed by atoms with Crippen LogP contribution in [0.2, 0.25) is 0 Å². The Hall–Kier alpha value is -3.21. The van der Waals surface area contributed by atoms with E-state index in [1.54, 1.807) is 36.7 Å². The fourth-order valence-electron chi connectivity index (χ4n) is 2.69. The van der Waals surface area contributed by atoms with E-state index in [1.165, 1.54) is 5.56 Å². The van der Waals surface area contributed by atoms with Gasteiger partial charge in [0.25, 0.3) is 5.91 Å². The first-order chi connectivity index (χ1) is 12.6. The van der Waals surface area contributed by atoms with Gasteiger partial charge in [-0.25, -0.2) is 0 Å². The summed E-state index contributed by atoms with van der Waals surface area (Å²) in [6, 6.07) is 15.5. The number of amides is 1. The number of pyridine rings is 2. The summed E-state index contributed by atoms with van der Waals surface area (Å²) < 4.78 is 0. The highest BCUT2D eigenvalue weighted by Gasteiger charge is 2.15. The van der Waals surface area contributed by atoms with Gasteiger partial charge in [0.1, 0.15) is 0 Å². The van der Waals surface area contributed by atoms with E-state index in [0.29, 0.717) is 5.56 Å². The Balaban J connectivity index is 1.70. The zero-order valence-electron chi connectivity index (χ0n) is 15.0. The lowest BCUT2D eigenvalue weighted by Crippen LogP contribution is -2.27. The molecule has 0 fully saturated rings. The molecule has 2 aromatic heterocycles. The van der Waals surface area contributed by atoms with Crippen LogP contribution in [-0.2, 0) is 6.42 Å². The van der Waals surface area contributed by atoms with Crippen LogP contribution in [0.25, 0.3) is 0 Å². The van der Waals surface area contributed by atoms with Crippen molar-refractivity contribution >= 4 is 17.3 Å². The van der Waals surface area contributed by atoms with E-state index in [4.69, 9.17) is 0 Å². The van der Waals surface area contributed by atoms with Gasteiger partial charge in [-0.2, -0.15) is 0 Å². The molecule has 5 heteroatoms. The molecule has 0 aliphatic heterocycles. The minimum atomic E-state index is -0.0758. The van der Waals surface area contributed by atoms with Crippen LogP contribution in [0.5, 0.6) is 0 Å². The largest absolute Gasteiger partial charge is 0.373 e. The number of hydrogen-bond acceptors (Lipinski definition) is 4. The maximum Gasteiger partial charge on any atom is 0.259 e. The molecule has 132 valence electrons. The summed E-state index contributed by atoms with van der Waals surface area (Å²) in [4.78, 5) is 24.8. The Kier molecular flexibility index (Phi) is 5.59. The van der Waals surface area contributed by atoms with Crippen LogP contribution in [0.3, 0.4) is 0 Å². The lowest BCUT2D eigenvalue weighted by molar-refractivity contribution is 0.0992. The number of rotatable bonds is 6. The SMILES string of the molecule is CN(CCc1ccncc1)c1cncc(C(=O)N(C)c2ccccc2)c1. The van der Waals surface area contributed by atoms with Crippen molar-refractivity contribution in [1.29, 1.82) is 0 Å². The molecular weight excluding hydrogens is 324 g/mol. The van der Waals surface area contributed by atoms with Crippen molar-refractivity contribution in [3.8, 4) is 0 Å². The highest BCUT2D eigenvalue weighted by Crippen LogP contribution is 2.18. The van der Waals surface area contributed by atoms with Crippen LogP contribution in [0.1, 0.15) is 15.9 Å². The lowest BCUT2D eigenvalue weighted by atomic mass is 10.2. The van der Waals surface area contributed by atoms with Gasteiger partial charge in [0.15, 0.2) is 0 Å². The zero-order valence-corrected chi connectivity index (χ0v) is 15.0. The Morgan fingerprint density at radius 3 is 2.38 bits per heavy atom. The molecule has 2 heterocycles. The first-order valence-electron chi connectivity index (χ1n) is 8.53. The number of benzene rings is 1. The number of para-hydroxylation sites is 1. The molecule has 0 aliphatic carbocycles. The number of likely N-dealkylation sites (N-methyl/N-ethyl adjacent to an activating group) is 1. The number of nitrogens with zero attached hydrogens (tertiary/aromatic N) is 4. The van der Waals surface area contributed by atoms with Crippen molar-refractivity contribution in [2.45, 2.75) is 6.42 Å². The molecule has 0 bridgehead atoms. The summed E-state index contributed by atoms with van der Waals surface area (Å²) in [6.07, 6.45) is 7.90. The molecule has 0 N–H and O–H groups in total. The van der Waals surface area contributed by atoms with E-state index in [-0.39, 0.29) is 5.91 Å². The van der Waals surface area contributed by atoms with Gasteiger partial charge in [0.2, 0.25) is 0 Å². The number of carbonyl (C=O) groups is 1. The van der Waals surface area contributed by atoms with E-state index in [1.807, 2.05) is 55.6 Å². The summed E-state index contributed by atoms with van der Waals surface area (Å²) in [5.74, 6) is -0.0758. The van der Waals surface area contributed by atoms with E-state index >= 15 is 0 Å². The van der Waals surface area contributed by atoms with Crippen LogP contribution in [-0.4, -0.2) is 36.5 Å². The number of aromatic nitrogens is 2. The minimum Gasteiger partial charge on any atom is -0.373 e. The van der Waals surface area contributed by atoms with Crippen LogP contribution in [0.15, 0.2) is 73.3 Å². The Labute approximate surface area is 153 Å². The summed E-state index contributed by atoms with van der Waals surface area (Å²) in [7, 11) is 3.78. The zero-order chi connectivity index (χ0) is 18.4. The fourth-order valence-corrected chi connectivity index (χ4v) is 2.69. The minimum absolute atomic E-state index is 0.0758. The van der Waals surface area contributed by atoms with Crippen LogP contribution in [0.4, 0.5) is 11.4 Å². The first-order valence-corrected chi connectivity index (χ1v) is 8.53. The van der Waals surface area contributed by atoms with Crippen molar-refractivity contribution in [3.63, 3.8) is 0 Å². The van der Waals surface area contributed by atoms with Crippen LogP contribution in [0, 0.1) is 0 Å². The van der Waals surface area contributed by atoms with Gasteiger partial charge in [-0.3, -0.25) is 14.8 Å². The molecule has 3 rings (SSSR count). The second-order valence-corrected chi connectivity index (χ2v) is 6.16. The van der Waals surface area contributed by atoms with Crippen molar-refractivity contribution < 1.29 is 4.79 Å². The molecule has 0 radical (unpaired) electrons. The molecule has 0 unspecified atom stereocenters. The number of anilines is 2. The van der Waals surface area contributed by atoms with Crippen molar-refractivity contribution in [2.24, 2.45) is 0 Å². The molecule has 3 aromatic rings. The highest BCUT2D eigenvalue weighted by molar-refractivity contribution is 6.06. The van der Waals surface area contributed by atoms with Crippen LogP contribution < -0.4 is 9.80 Å². The van der Waals surface area contributed by atoms with Crippen molar-refractivity contribution in [2.75, 3.05) is 30.4 Å². The average Bonchev–Trinajstić information content (AvgIpc) is 2.72. The maximum atomic E-state index is 12.8. The maximum absolute atomic E-state index is 12.8. The number of hydrogen-bond donors (Lipinski definition) is 0. The normalized spacial score (nSPS) is 10.4. The highest BCUT2D eigenvalue weighted by atomic mass is 16.2. The van der Waals surface area contributed by atoms with Gasteiger partial charge < -0.3 is 9.80 Å². The lowest BCUT2D eigenvalue weighted by Gasteiger charge is -2.21. The Bertz CT molecular complexity index is 852. The van der Waals surface area contributed by atoms with E-state index in [2.05, 4.69) is 14.9 Å². The topological polar surface area (TPSA) is 49.3 Å². The smallest absolute Gasteiger partial charge is 0.259 e. The third-order valence-electron chi connectivity index (χ3n) is 4.34. The van der Waals surface area contributed by atoms with Crippen LogP contribution >= 0.6 is 0 Å². The molecule has 1 amide bonds. The second kappa shape index (κ2) is 8.25. The first kappa shape index (κ1) is 17.6. The molecule has 0 atom stereocenters. The predicted octanol–water partition coefficient (Wildman–Crippen LogP) is 3.43. The molecule has 5 nitrogen and oxygen atoms in total. The van der Waals surface area contributed by atoms with E-state index in [9.17, 15) is 4.79 Å². The predicted molar refractivity (Wildman–Crippen MR) is 105 cm³/mol. The quantitative estimate of drug-likeness (QED) is 0.686. The molecule has 1 aromatic carbocycles. The third kappa shape index (κ3) is 4.25. The van der Waals surface area contributed by atoms with Gasteiger partial charge in [0.05, 0.1) is 17.4 Å². The van der Waals surface area contributed by atoms with Crippen molar-refractivity contribution in [3.05, 3.63) is 84.4 Å². The summed E-state index contributed by atoms with van der Waals surface area (Å²) in [6.45, 7) is 0.831. The van der Waals surface area contributed by atoms with E-state index < -0.39 is 0 Å². The van der Waals surface area contributed by atoms with Gasteiger partial charge >= 0.3 is 0 Å². The summed E-state index contributed by atoms with van der Waals surface area (Å²) in [5.41, 5.74) is 3.58. The molecule has 0 saturated heterocycles. The average molecular weight is 346 g/mol. The molecule has 0 saturated carbocycles. The summed E-state index contributed by atoms with van der Waals surface area (Å²) >= 11 is 0. The monoisotopic (exact) mass is 346 g/mol. The fraction of sp³-hybridized carbons (Fsp3) is 0.190.